The van der Waals surface area contributed by atoms with Crippen LogP contribution in [0.3, 0.4) is 0 Å². The van der Waals surface area contributed by atoms with Crippen molar-refractivity contribution in [3.63, 3.8) is 0 Å². The molecule has 1 aromatic carbocycles. The van der Waals surface area contributed by atoms with Gasteiger partial charge in [0, 0.05) is 49.1 Å². The fourth-order valence-corrected chi connectivity index (χ4v) is 1.20. The van der Waals surface area contributed by atoms with E-state index in [1.807, 2.05) is 0 Å². The number of aromatic nitrogens is 2. The molecule has 2 heterocycles. The smallest absolute Gasteiger partial charge is 0.181 e. The Morgan fingerprint density at radius 1 is 0.545 bits per heavy atom. The molecule has 4 N–H and O–H groups in total. The molecule has 0 aliphatic carbocycles. The Kier molecular flexibility index (Phi) is 7.32. The molecule has 0 atom stereocenters. The first-order valence-corrected chi connectivity index (χ1v) is 6.32. The number of benzene rings is 1. The standard InChI is InChI=1S/C6H6O2.2C5H5NO/c7-5-1-2-6(8)4-3-5;2*7-5-1-3-6-4-2-5/h1-4,7-8H;2*1-4H,(H,6,7). The molecule has 0 aliphatic heterocycles. The highest BCUT2D eigenvalue weighted by Crippen LogP contribution is 2.13. The van der Waals surface area contributed by atoms with Gasteiger partial charge in [0.2, 0.25) is 0 Å². The highest BCUT2D eigenvalue weighted by molar-refractivity contribution is 5.28. The molecule has 114 valence electrons. The van der Waals surface area contributed by atoms with E-state index in [-0.39, 0.29) is 22.4 Å². The van der Waals surface area contributed by atoms with Gasteiger partial charge in [-0.15, -0.1) is 0 Å². The highest BCUT2D eigenvalue weighted by Gasteiger charge is 1.84. The maximum Gasteiger partial charge on any atom is 0.181 e. The quantitative estimate of drug-likeness (QED) is 0.475. The zero-order valence-corrected chi connectivity index (χ0v) is 11.6. The lowest BCUT2D eigenvalue weighted by Gasteiger charge is -1.88. The molecular formula is C16H16N2O4. The van der Waals surface area contributed by atoms with Crippen LogP contribution in [0.2, 0.25) is 0 Å². The SMILES string of the molecule is O=c1cc[nH]cc1.O=c1cc[nH]cc1.Oc1ccc(O)cc1. The average molecular weight is 300 g/mol. The van der Waals surface area contributed by atoms with Crippen LogP contribution >= 0.6 is 0 Å². The summed E-state index contributed by atoms with van der Waals surface area (Å²) in [4.78, 5) is 26.0. The fourth-order valence-electron chi connectivity index (χ4n) is 1.20. The maximum absolute atomic E-state index is 10.2. The van der Waals surface area contributed by atoms with Gasteiger partial charge in [-0.1, -0.05) is 0 Å². The Morgan fingerprint density at radius 2 is 0.818 bits per heavy atom. The van der Waals surface area contributed by atoms with Crippen LogP contribution in [-0.2, 0) is 0 Å². The zero-order chi connectivity index (χ0) is 16.2. The maximum atomic E-state index is 10.2. The van der Waals surface area contributed by atoms with E-state index in [4.69, 9.17) is 10.2 Å². The number of hydrogen-bond acceptors (Lipinski definition) is 4. The third kappa shape index (κ3) is 8.00. The van der Waals surface area contributed by atoms with Crippen molar-refractivity contribution in [2.24, 2.45) is 0 Å². The molecule has 0 spiro atoms. The summed E-state index contributed by atoms with van der Waals surface area (Å²) in [6.45, 7) is 0. The molecule has 0 unspecified atom stereocenters. The van der Waals surface area contributed by atoms with Crippen LogP contribution in [0, 0.1) is 0 Å². The lowest BCUT2D eigenvalue weighted by molar-refractivity contribution is 0.460. The average Bonchev–Trinajstić information content (AvgIpc) is 2.53. The molecule has 6 heteroatoms. The second kappa shape index (κ2) is 9.60. The zero-order valence-electron chi connectivity index (χ0n) is 11.6. The number of nitrogens with one attached hydrogen (secondary N) is 2. The second-order valence-corrected chi connectivity index (χ2v) is 3.99. The van der Waals surface area contributed by atoms with Gasteiger partial charge in [0.25, 0.3) is 0 Å². The Labute approximate surface area is 126 Å². The first-order chi connectivity index (χ1) is 10.6. The van der Waals surface area contributed by atoms with Crippen LogP contribution < -0.4 is 10.9 Å². The van der Waals surface area contributed by atoms with E-state index in [2.05, 4.69) is 9.97 Å². The van der Waals surface area contributed by atoms with Gasteiger partial charge in [-0.05, 0) is 24.3 Å². The van der Waals surface area contributed by atoms with Crippen LogP contribution in [0.5, 0.6) is 11.5 Å². The van der Waals surface area contributed by atoms with Crippen LogP contribution in [0.25, 0.3) is 0 Å². The van der Waals surface area contributed by atoms with E-state index in [1.54, 1.807) is 24.8 Å². The third-order valence-electron chi connectivity index (χ3n) is 2.23. The van der Waals surface area contributed by atoms with Gasteiger partial charge in [-0.3, -0.25) is 9.59 Å². The van der Waals surface area contributed by atoms with Gasteiger partial charge in [-0.25, -0.2) is 0 Å². The number of aromatic hydroxyl groups is 2. The van der Waals surface area contributed by atoms with Crippen molar-refractivity contribution in [2.75, 3.05) is 0 Å². The molecular weight excluding hydrogens is 284 g/mol. The second-order valence-electron chi connectivity index (χ2n) is 3.99. The number of aromatic amines is 2. The number of rotatable bonds is 0. The molecule has 0 amide bonds. The molecule has 0 saturated heterocycles. The summed E-state index contributed by atoms with van der Waals surface area (Å²) in [6, 6.07) is 11.6. The van der Waals surface area contributed by atoms with Gasteiger partial charge in [0.15, 0.2) is 10.9 Å². The summed E-state index contributed by atoms with van der Waals surface area (Å²) in [5, 5.41) is 17.3. The minimum atomic E-state index is 0.0405. The van der Waals surface area contributed by atoms with E-state index in [1.165, 1.54) is 48.5 Å². The topological polar surface area (TPSA) is 106 Å². The van der Waals surface area contributed by atoms with Crippen LogP contribution in [-0.4, -0.2) is 20.2 Å². The summed E-state index contributed by atoms with van der Waals surface area (Å²) in [5.74, 6) is 0.339. The first-order valence-electron chi connectivity index (χ1n) is 6.32. The van der Waals surface area contributed by atoms with Crippen molar-refractivity contribution >= 4 is 0 Å². The number of pyridine rings is 2. The van der Waals surface area contributed by atoms with E-state index in [9.17, 15) is 9.59 Å². The Bertz CT molecular complexity index is 662. The van der Waals surface area contributed by atoms with Gasteiger partial charge < -0.3 is 20.2 Å². The fraction of sp³-hybridized carbons (Fsp3) is 0. The van der Waals surface area contributed by atoms with Crippen molar-refractivity contribution in [1.82, 2.24) is 9.97 Å². The largest absolute Gasteiger partial charge is 0.508 e. The molecule has 3 rings (SSSR count). The predicted molar refractivity (Wildman–Crippen MR) is 83.9 cm³/mol. The lowest BCUT2D eigenvalue weighted by Crippen LogP contribution is -1.92. The normalized spacial score (nSPS) is 8.73. The van der Waals surface area contributed by atoms with Crippen LogP contribution in [0.4, 0.5) is 0 Å². The minimum absolute atomic E-state index is 0.0405. The van der Waals surface area contributed by atoms with Crippen molar-refractivity contribution in [3.8, 4) is 11.5 Å². The van der Waals surface area contributed by atoms with E-state index >= 15 is 0 Å². The Morgan fingerprint density at radius 3 is 1.00 bits per heavy atom. The summed E-state index contributed by atoms with van der Waals surface area (Å²) in [5.41, 5.74) is 0.0810. The summed E-state index contributed by atoms with van der Waals surface area (Å²) in [6.07, 6.45) is 6.40. The van der Waals surface area contributed by atoms with Crippen molar-refractivity contribution in [1.29, 1.82) is 0 Å². The van der Waals surface area contributed by atoms with E-state index in [0.29, 0.717) is 0 Å². The monoisotopic (exact) mass is 300 g/mol. The van der Waals surface area contributed by atoms with Crippen molar-refractivity contribution in [2.45, 2.75) is 0 Å². The third-order valence-corrected chi connectivity index (χ3v) is 2.23. The number of phenols is 2. The predicted octanol–water partition coefficient (Wildman–Crippen LogP) is 1.85. The van der Waals surface area contributed by atoms with Crippen molar-refractivity contribution in [3.05, 3.63) is 93.8 Å². The number of hydrogen-bond donors (Lipinski definition) is 4. The summed E-state index contributed by atoms with van der Waals surface area (Å²) < 4.78 is 0. The molecule has 0 saturated carbocycles. The van der Waals surface area contributed by atoms with E-state index in [0.717, 1.165) is 0 Å². The van der Waals surface area contributed by atoms with Crippen molar-refractivity contribution < 1.29 is 10.2 Å². The van der Waals surface area contributed by atoms with Gasteiger partial charge in [-0.2, -0.15) is 0 Å². The van der Waals surface area contributed by atoms with Gasteiger partial charge >= 0.3 is 0 Å². The molecule has 0 fully saturated rings. The molecule has 3 aromatic rings. The lowest BCUT2D eigenvalue weighted by atomic mass is 10.3. The van der Waals surface area contributed by atoms with Crippen LogP contribution in [0.15, 0.2) is 82.9 Å². The number of H-pyrrole nitrogens is 2. The van der Waals surface area contributed by atoms with Gasteiger partial charge in [0.1, 0.15) is 11.5 Å². The summed E-state index contributed by atoms with van der Waals surface area (Å²) >= 11 is 0. The molecule has 22 heavy (non-hydrogen) atoms. The molecule has 0 aliphatic rings. The molecule has 0 radical (unpaired) electrons. The first kappa shape index (κ1) is 16.8. The number of phenolic OH excluding ortho intramolecular Hbond substituents is 2. The van der Waals surface area contributed by atoms with E-state index < -0.39 is 0 Å². The molecule has 0 bridgehead atoms. The Balaban J connectivity index is 0.000000166. The molecule has 6 nitrogen and oxygen atoms in total. The molecule has 2 aromatic heterocycles. The minimum Gasteiger partial charge on any atom is -0.508 e. The van der Waals surface area contributed by atoms with Crippen LogP contribution in [0.1, 0.15) is 0 Å². The Hall–Kier alpha value is -3.28. The summed E-state index contributed by atoms with van der Waals surface area (Å²) in [7, 11) is 0. The van der Waals surface area contributed by atoms with Gasteiger partial charge in [0.05, 0.1) is 0 Å². The highest BCUT2D eigenvalue weighted by atomic mass is 16.3.